The van der Waals surface area contributed by atoms with E-state index in [2.05, 4.69) is 10.2 Å². The number of aromatic nitrogens is 3. The summed E-state index contributed by atoms with van der Waals surface area (Å²) in [6.45, 7) is 0. The number of aromatic amines is 1. The van der Waals surface area contributed by atoms with Gasteiger partial charge in [-0.1, -0.05) is 6.07 Å². The highest BCUT2D eigenvalue weighted by molar-refractivity contribution is 5.96. The molecule has 3 aromatic rings. The number of aromatic carboxylic acids is 1. The summed E-state index contributed by atoms with van der Waals surface area (Å²) >= 11 is 0. The van der Waals surface area contributed by atoms with Crippen LogP contribution in [0.3, 0.4) is 0 Å². The van der Waals surface area contributed by atoms with Crippen molar-refractivity contribution in [2.24, 2.45) is 7.05 Å². The zero-order valence-corrected chi connectivity index (χ0v) is 10.0. The highest BCUT2D eigenvalue weighted by Gasteiger charge is 2.18. The minimum atomic E-state index is -1.07. The van der Waals surface area contributed by atoms with Crippen molar-refractivity contribution in [2.75, 3.05) is 0 Å². The van der Waals surface area contributed by atoms with Crippen LogP contribution in [0.1, 0.15) is 10.4 Å². The molecule has 0 bridgehead atoms. The van der Waals surface area contributed by atoms with E-state index in [-0.39, 0.29) is 11.4 Å². The number of rotatable bonds is 2. The summed E-state index contributed by atoms with van der Waals surface area (Å²) in [5.41, 5.74) is 1.70. The van der Waals surface area contributed by atoms with Crippen LogP contribution in [0.15, 0.2) is 30.5 Å². The summed E-state index contributed by atoms with van der Waals surface area (Å²) in [4.78, 5) is 11.1. The lowest BCUT2D eigenvalue weighted by Gasteiger charge is -2.03. The monoisotopic (exact) mass is 259 g/mol. The van der Waals surface area contributed by atoms with E-state index < -0.39 is 5.97 Å². The molecule has 0 aliphatic carbocycles. The summed E-state index contributed by atoms with van der Waals surface area (Å²) < 4.78 is 15.5. The van der Waals surface area contributed by atoms with Gasteiger partial charge in [0, 0.05) is 12.4 Å². The average Bonchev–Trinajstić information content (AvgIpc) is 2.95. The number of hydrogen-bond donors (Lipinski definition) is 2. The molecule has 1 aromatic carbocycles. The number of carboxylic acid groups (broad SMARTS) is 1. The normalized spacial score (nSPS) is 11.1. The Morgan fingerprint density at radius 2 is 2.26 bits per heavy atom. The third kappa shape index (κ3) is 1.61. The van der Waals surface area contributed by atoms with Gasteiger partial charge in [0.2, 0.25) is 0 Å². The first-order valence-electron chi connectivity index (χ1n) is 5.60. The standard InChI is InChI=1S/C13H10FN3O2/c1-17-10-4-2-3-9(14)7(10)5-11(17)12-8(13(18)19)6-15-16-12/h2-6H,1H3,(H,15,16)(H,18,19). The Bertz CT molecular complexity index is 788. The van der Waals surface area contributed by atoms with Crippen molar-refractivity contribution in [1.29, 1.82) is 0 Å². The van der Waals surface area contributed by atoms with Crippen LogP contribution in [-0.2, 0) is 7.05 Å². The number of halogens is 1. The fourth-order valence-corrected chi connectivity index (χ4v) is 2.21. The molecule has 0 spiro atoms. The molecule has 0 atom stereocenters. The lowest BCUT2D eigenvalue weighted by atomic mass is 10.2. The van der Waals surface area contributed by atoms with E-state index in [4.69, 9.17) is 5.11 Å². The number of aryl methyl sites for hydroxylation is 1. The quantitative estimate of drug-likeness (QED) is 0.742. The van der Waals surface area contributed by atoms with Crippen molar-refractivity contribution < 1.29 is 14.3 Å². The molecule has 0 aliphatic rings. The lowest BCUT2D eigenvalue weighted by Crippen LogP contribution is -1.99. The molecular weight excluding hydrogens is 249 g/mol. The SMILES string of the molecule is Cn1c(-c2[nH]ncc2C(=O)O)cc2c(F)cccc21. The Morgan fingerprint density at radius 1 is 1.47 bits per heavy atom. The van der Waals surface area contributed by atoms with Gasteiger partial charge in [-0.25, -0.2) is 9.18 Å². The summed E-state index contributed by atoms with van der Waals surface area (Å²) in [5, 5.41) is 15.9. The van der Waals surface area contributed by atoms with Gasteiger partial charge in [-0.05, 0) is 18.2 Å². The van der Waals surface area contributed by atoms with Crippen molar-refractivity contribution in [2.45, 2.75) is 0 Å². The molecule has 0 amide bonds. The first-order chi connectivity index (χ1) is 9.09. The van der Waals surface area contributed by atoms with Crippen LogP contribution < -0.4 is 0 Å². The molecular formula is C13H10FN3O2. The van der Waals surface area contributed by atoms with Crippen molar-refractivity contribution >= 4 is 16.9 Å². The number of hydrogen-bond acceptors (Lipinski definition) is 2. The van der Waals surface area contributed by atoms with Gasteiger partial charge in [0.1, 0.15) is 11.4 Å². The molecule has 6 heteroatoms. The van der Waals surface area contributed by atoms with E-state index in [1.807, 2.05) is 0 Å². The van der Waals surface area contributed by atoms with E-state index in [0.29, 0.717) is 22.3 Å². The maximum Gasteiger partial charge on any atom is 0.339 e. The van der Waals surface area contributed by atoms with Crippen LogP contribution in [0.5, 0.6) is 0 Å². The fraction of sp³-hybridized carbons (Fsp3) is 0.0769. The molecule has 19 heavy (non-hydrogen) atoms. The zero-order valence-electron chi connectivity index (χ0n) is 10.0. The van der Waals surface area contributed by atoms with Gasteiger partial charge in [0.25, 0.3) is 0 Å². The number of nitrogens with zero attached hydrogens (tertiary/aromatic N) is 2. The number of carbonyl (C=O) groups is 1. The third-order valence-electron chi connectivity index (χ3n) is 3.16. The smallest absolute Gasteiger partial charge is 0.339 e. The third-order valence-corrected chi connectivity index (χ3v) is 3.16. The summed E-state index contributed by atoms with van der Waals surface area (Å²) in [5.74, 6) is -1.41. The maximum absolute atomic E-state index is 13.7. The van der Waals surface area contributed by atoms with E-state index >= 15 is 0 Å². The van der Waals surface area contributed by atoms with E-state index in [9.17, 15) is 9.18 Å². The van der Waals surface area contributed by atoms with E-state index in [1.54, 1.807) is 29.8 Å². The second-order valence-corrected chi connectivity index (χ2v) is 4.23. The Labute approximate surface area is 107 Å². The molecule has 2 aromatic heterocycles. The van der Waals surface area contributed by atoms with Gasteiger partial charge in [-0.3, -0.25) is 5.10 Å². The Kier molecular flexibility index (Phi) is 2.38. The van der Waals surface area contributed by atoms with Gasteiger partial charge in [-0.15, -0.1) is 0 Å². The van der Waals surface area contributed by atoms with Gasteiger partial charge in [0.15, 0.2) is 0 Å². The second kappa shape index (κ2) is 3.94. The molecule has 0 fully saturated rings. The maximum atomic E-state index is 13.7. The summed E-state index contributed by atoms with van der Waals surface area (Å²) in [7, 11) is 1.75. The first kappa shape index (κ1) is 11.5. The van der Waals surface area contributed by atoms with Crippen LogP contribution in [-0.4, -0.2) is 25.8 Å². The minimum Gasteiger partial charge on any atom is -0.478 e. The highest BCUT2D eigenvalue weighted by Crippen LogP contribution is 2.29. The highest BCUT2D eigenvalue weighted by atomic mass is 19.1. The number of H-pyrrole nitrogens is 1. The number of nitrogens with one attached hydrogen (secondary N) is 1. The van der Waals surface area contributed by atoms with Crippen molar-refractivity contribution in [3.8, 4) is 11.4 Å². The van der Waals surface area contributed by atoms with E-state index in [1.165, 1.54) is 12.3 Å². The molecule has 0 saturated carbocycles. The number of fused-ring (bicyclic) bond motifs is 1. The Morgan fingerprint density at radius 3 is 2.95 bits per heavy atom. The molecule has 0 aliphatic heterocycles. The Balaban J connectivity index is 2.32. The molecule has 0 saturated heterocycles. The van der Waals surface area contributed by atoms with Crippen LogP contribution >= 0.6 is 0 Å². The number of carboxylic acids is 1. The predicted octanol–water partition coefficient (Wildman–Crippen LogP) is 2.41. The van der Waals surface area contributed by atoms with Crippen LogP contribution in [0.25, 0.3) is 22.3 Å². The van der Waals surface area contributed by atoms with Gasteiger partial charge >= 0.3 is 5.97 Å². The lowest BCUT2D eigenvalue weighted by molar-refractivity contribution is 0.0698. The molecule has 3 rings (SSSR count). The molecule has 2 N–H and O–H groups in total. The molecule has 96 valence electrons. The van der Waals surface area contributed by atoms with Gasteiger partial charge < -0.3 is 9.67 Å². The van der Waals surface area contributed by atoms with E-state index in [0.717, 1.165) is 0 Å². The van der Waals surface area contributed by atoms with Crippen molar-refractivity contribution in [3.05, 3.63) is 41.8 Å². The predicted molar refractivity (Wildman–Crippen MR) is 67.4 cm³/mol. The van der Waals surface area contributed by atoms with Crippen LogP contribution in [0.4, 0.5) is 4.39 Å². The summed E-state index contributed by atoms with van der Waals surface area (Å²) in [6.07, 6.45) is 1.24. The average molecular weight is 259 g/mol. The Hall–Kier alpha value is -2.63. The molecule has 2 heterocycles. The second-order valence-electron chi connectivity index (χ2n) is 4.23. The summed E-state index contributed by atoms with van der Waals surface area (Å²) in [6, 6.07) is 6.38. The van der Waals surface area contributed by atoms with Gasteiger partial charge in [0.05, 0.1) is 23.1 Å². The topological polar surface area (TPSA) is 70.9 Å². The van der Waals surface area contributed by atoms with Crippen molar-refractivity contribution in [1.82, 2.24) is 14.8 Å². The molecule has 0 radical (unpaired) electrons. The van der Waals surface area contributed by atoms with Crippen LogP contribution in [0.2, 0.25) is 0 Å². The minimum absolute atomic E-state index is 0.0614. The first-order valence-corrected chi connectivity index (χ1v) is 5.60. The largest absolute Gasteiger partial charge is 0.478 e. The fourth-order valence-electron chi connectivity index (χ4n) is 2.21. The molecule has 5 nitrogen and oxygen atoms in total. The molecule has 0 unspecified atom stereocenters. The number of benzene rings is 1. The zero-order chi connectivity index (χ0) is 13.6. The van der Waals surface area contributed by atoms with Crippen LogP contribution in [0, 0.1) is 5.82 Å². The van der Waals surface area contributed by atoms with Gasteiger partial charge in [-0.2, -0.15) is 5.10 Å². The van der Waals surface area contributed by atoms with Crippen molar-refractivity contribution in [3.63, 3.8) is 0 Å².